The summed E-state index contributed by atoms with van der Waals surface area (Å²) in [5.74, 6) is -0.227. The number of carbonyl (C=O) groups is 1. The van der Waals surface area contributed by atoms with Gasteiger partial charge >= 0.3 is 0 Å². The van der Waals surface area contributed by atoms with E-state index >= 15 is 0 Å². The summed E-state index contributed by atoms with van der Waals surface area (Å²) in [6.07, 6.45) is 4.64. The molecule has 0 aliphatic carbocycles. The molecule has 2 N–H and O–H groups in total. The van der Waals surface area contributed by atoms with Crippen LogP contribution in [0.5, 0.6) is 0 Å². The summed E-state index contributed by atoms with van der Waals surface area (Å²) in [5, 5.41) is 12.6. The highest BCUT2D eigenvalue weighted by molar-refractivity contribution is 5.78. The van der Waals surface area contributed by atoms with E-state index in [1.807, 2.05) is 6.08 Å². The molecule has 1 heterocycles. The van der Waals surface area contributed by atoms with Crippen LogP contribution in [0, 0.1) is 5.82 Å². The Kier molecular flexibility index (Phi) is 4.10. The van der Waals surface area contributed by atoms with Gasteiger partial charge in [-0.15, -0.1) is 0 Å². The fourth-order valence-corrected chi connectivity index (χ4v) is 1.97. The molecule has 96 valence electrons. The van der Waals surface area contributed by atoms with Crippen LogP contribution in [0.15, 0.2) is 36.4 Å². The van der Waals surface area contributed by atoms with Crippen LogP contribution in [0.3, 0.4) is 0 Å². The molecule has 1 aliphatic heterocycles. The van der Waals surface area contributed by atoms with E-state index in [1.165, 1.54) is 12.1 Å². The smallest absolute Gasteiger partial charge is 0.220 e. The minimum atomic E-state index is -0.618. The van der Waals surface area contributed by atoms with Gasteiger partial charge in [-0.1, -0.05) is 24.3 Å². The van der Waals surface area contributed by atoms with Gasteiger partial charge in [-0.25, -0.2) is 4.39 Å². The predicted molar refractivity (Wildman–Crippen MR) is 66.4 cm³/mol. The van der Waals surface area contributed by atoms with E-state index in [2.05, 4.69) is 5.32 Å². The quantitative estimate of drug-likeness (QED) is 0.796. The average molecular weight is 249 g/mol. The summed E-state index contributed by atoms with van der Waals surface area (Å²) in [4.78, 5) is 11.0. The summed E-state index contributed by atoms with van der Waals surface area (Å²) in [6, 6.07) is 6.10. The maximum Gasteiger partial charge on any atom is 0.220 e. The van der Waals surface area contributed by atoms with Crippen LogP contribution in [-0.4, -0.2) is 23.2 Å². The van der Waals surface area contributed by atoms with E-state index in [4.69, 9.17) is 0 Å². The summed E-state index contributed by atoms with van der Waals surface area (Å²) < 4.78 is 12.7. The second-order valence-corrected chi connectivity index (χ2v) is 4.50. The Bertz CT molecular complexity index is 442. The van der Waals surface area contributed by atoms with Crippen molar-refractivity contribution in [2.24, 2.45) is 0 Å². The molecule has 1 saturated heterocycles. The lowest BCUT2D eigenvalue weighted by Crippen LogP contribution is -2.23. The first kappa shape index (κ1) is 12.8. The monoisotopic (exact) mass is 249 g/mol. The Morgan fingerprint density at radius 3 is 2.78 bits per heavy atom. The molecule has 0 bridgehead atoms. The number of hydrogen-bond acceptors (Lipinski definition) is 2. The molecule has 18 heavy (non-hydrogen) atoms. The maximum absolute atomic E-state index is 12.7. The normalized spacial score (nSPS) is 21.2. The van der Waals surface area contributed by atoms with E-state index < -0.39 is 6.10 Å². The molecule has 2 rings (SSSR count). The van der Waals surface area contributed by atoms with Crippen LogP contribution in [-0.2, 0) is 11.2 Å². The van der Waals surface area contributed by atoms with Crippen LogP contribution in [0.1, 0.15) is 18.4 Å². The zero-order valence-corrected chi connectivity index (χ0v) is 9.97. The van der Waals surface area contributed by atoms with Crippen LogP contribution < -0.4 is 5.32 Å². The lowest BCUT2D eigenvalue weighted by atomic mass is 10.1. The summed E-state index contributed by atoms with van der Waals surface area (Å²) in [7, 11) is 0. The minimum absolute atomic E-state index is 0.0281. The fourth-order valence-electron chi connectivity index (χ4n) is 1.97. The highest BCUT2D eigenvalue weighted by Crippen LogP contribution is 2.10. The number of halogens is 1. The molecule has 0 spiro atoms. The van der Waals surface area contributed by atoms with Crippen molar-refractivity contribution in [2.75, 3.05) is 0 Å². The zero-order valence-electron chi connectivity index (χ0n) is 9.97. The summed E-state index contributed by atoms with van der Waals surface area (Å²) >= 11 is 0. The molecular weight excluding hydrogens is 233 g/mol. The van der Waals surface area contributed by atoms with E-state index in [1.54, 1.807) is 18.2 Å². The molecule has 3 nitrogen and oxygen atoms in total. The van der Waals surface area contributed by atoms with Crippen LogP contribution >= 0.6 is 0 Å². The average Bonchev–Trinajstić information content (AvgIpc) is 2.76. The van der Waals surface area contributed by atoms with Crippen molar-refractivity contribution < 1.29 is 14.3 Å². The van der Waals surface area contributed by atoms with Gasteiger partial charge in [-0.3, -0.25) is 4.79 Å². The SMILES string of the molecule is O=C1CC[C@H](/C=C/[C@@H](O)Cc2ccc(F)cc2)N1. The van der Waals surface area contributed by atoms with Crippen LogP contribution in [0.4, 0.5) is 4.39 Å². The predicted octanol–water partition coefficient (Wildman–Crippen LogP) is 1.56. The van der Waals surface area contributed by atoms with Crippen molar-refractivity contribution in [1.29, 1.82) is 0 Å². The molecule has 4 heteroatoms. The fraction of sp³-hybridized carbons (Fsp3) is 0.357. The maximum atomic E-state index is 12.7. The Labute approximate surface area is 105 Å². The molecule has 2 atom stereocenters. The van der Waals surface area contributed by atoms with Crippen LogP contribution in [0.2, 0.25) is 0 Å². The molecule has 1 aromatic carbocycles. The van der Waals surface area contributed by atoms with Crippen molar-refractivity contribution in [3.8, 4) is 0 Å². The number of carbonyl (C=O) groups excluding carboxylic acids is 1. The van der Waals surface area contributed by atoms with Gasteiger partial charge in [0.05, 0.1) is 6.10 Å². The van der Waals surface area contributed by atoms with Gasteiger partial charge in [0.1, 0.15) is 5.82 Å². The van der Waals surface area contributed by atoms with Crippen molar-refractivity contribution in [3.05, 3.63) is 47.8 Å². The Morgan fingerprint density at radius 2 is 2.17 bits per heavy atom. The Balaban J connectivity index is 1.84. The lowest BCUT2D eigenvalue weighted by molar-refractivity contribution is -0.119. The summed E-state index contributed by atoms with van der Waals surface area (Å²) in [6.45, 7) is 0. The number of aliphatic hydroxyl groups is 1. The molecule has 0 unspecified atom stereocenters. The van der Waals surface area contributed by atoms with E-state index in [0.717, 1.165) is 12.0 Å². The molecule has 1 fully saturated rings. The second-order valence-electron chi connectivity index (χ2n) is 4.50. The molecule has 0 saturated carbocycles. The third kappa shape index (κ3) is 3.67. The van der Waals surface area contributed by atoms with Gasteiger partial charge in [0.2, 0.25) is 5.91 Å². The number of nitrogens with one attached hydrogen (secondary N) is 1. The first-order valence-electron chi connectivity index (χ1n) is 6.03. The highest BCUT2D eigenvalue weighted by Gasteiger charge is 2.17. The highest BCUT2D eigenvalue weighted by atomic mass is 19.1. The van der Waals surface area contributed by atoms with E-state index in [0.29, 0.717) is 12.8 Å². The Morgan fingerprint density at radius 1 is 1.44 bits per heavy atom. The molecule has 0 aromatic heterocycles. The molecular formula is C14H16FNO2. The third-order valence-corrected chi connectivity index (χ3v) is 2.95. The van der Waals surface area contributed by atoms with Gasteiger partial charge < -0.3 is 10.4 Å². The zero-order chi connectivity index (χ0) is 13.0. The van der Waals surface area contributed by atoms with Gasteiger partial charge in [0, 0.05) is 18.9 Å². The molecule has 1 aromatic rings. The number of rotatable bonds is 4. The summed E-state index contributed by atoms with van der Waals surface area (Å²) in [5.41, 5.74) is 0.879. The standard InChI is InChI=1S/C14H16FNO2/c15-11-3-1-10(2-4-11)9-13(17)7-5-12-6-8-14(18)16-12/h1-5,7,12-13,17H,6,8-9H2,(H,16,18)/b7-5+/t12-,13+/m0/s1. The molecule has 0 radical (unpaired) electrons. The number of hydrogen-bond donors (Lipinski definition) is 2. The first-order chi connectivity index (χ1) is 8.63. The van der Waals surface area contributed by atoms with Gasteiger partial charge in [0.15, 0.2) is 0 Å². The van der Waals surface area contributed by atoms with Crippen molar-refractivity contribution in [2.45, 2.75) is 31.4 Å². The third-order valence-electron chi connectivity index (χ3n) is 2.95. The molecule has 1 aliphatic rings. The number of amides is 1. The topological polar surface area (TPSA) is 49.3 Å². The lowest BCUT2D eigenvalue weighted by Gasteiger charge is -2.07. The van der Waals surface area contributed by atoms with Crippen LogP contribution in [0.25, 0.3) is 0 Å². The number of benzene rings is 1. The first-order valence-corrected chi connectivity index (χ1v) is 6.03. The van der Waals surface area contributed by atoms with Gasteiger partial charge in [-0.05, 0) is 24.1 Å². The Hall–Kier alpha value is -1.68. The van der Waals surface area contributed by atoms with E-state index in [9.17, 15) is 14.3 Å². The largest absolute Gasteiger partial charge is 0.389 e. The van der Waals surface area contributed by atoms with Crippen molar-refractivity contribution in [3.63, 3.8) is 0 Å². The number of aliphatic hydroxyl groups excluding tert-OH is 1. The van der Waals surface area contributed by atoms with Crippen molar-refractivity contribution in [1.82, 2.24) is 5.32 Å². The van der Waals surface area contributed by atoms with Crippen molar-refractivity contribution >= 4 is 5.91 Å². The molecule has 1 amide bonds. The van der Waals surface area contributed by atoms with Gasteiger partial charge in [-0.2, -0.15) is 0 Å². The second kappa shape index (κ2) is 5.78. The minimum Gasteiger partial charge on any atom is -0.389 e. The van der Waals surface area contributed by atoms with Gasteiger partial charge in [0.25, 0.3) is 0 Å². The van der Waals surface area contributed by atoms with E-state index in [-0.39, 0.29) is 17.8 Å².